The highest BCUT2D eigenvalue weighted by Gasteiger charge is 2.17. The molecule has 0 aliphatic rings. The van der Waals surface area contributed by atoms with E-state index < -0.39 is 0 Å². The van der Waals surface area contributed by atoms with Crippen LogP contribution in [0.15, 0.2) is 36.4 Å². The second-order valence-corrected chi connectivity index (χ2v) is 6.35. The standard InChI is InChI=1S/C19H20Cl2N2O5/c1-26-15-4-3-5-16(27-2)18(15)19(25)23-9-8-22-17(24)11-28-14-7-6-12(20)10-13(14)21/h3-7,10H,8-9,11H2,1-2H3,(H,22,24)(H,23,25). The normalized spacial score (nSPS) is 10.1. The van der Waals surface area contributed by atoms with Gasteiger partial charge in [0.15, 0.2) is 6.61 Å². The number of carbonyl (C=O) groups excluding carboxylic acids is 2. The van der Waals surface area contributed by atoms with Crippen LogP contribution >= 0.6 is 23.2 Å². The van der Waals surface area contributed by atoms with Crippen molar-refractivity contribution >= 4 is 35.0 Å². The first-order valence-electron chi connectivity index (χ1n) is 8.30. The highest BCUT2D eigenvalue weighted by Crippen LogP contribution is 2.28. The minimum Gasteiger partial charge on any atom is -0.496 e. The summed E-state index contributed by atoms with van der Waals surface area (Å²) in [5.74, 6) is 0.434. The topological polar surface area (TPSA) is 85.9 Å². The van der Waals surface area contributed by atoms with E-state index in [-0.39, 0.29) is 31.5 Å². The minimum atomic E-state index is -0.368. The molecule has 0 heterocycles. The van der Waals surface area contributed by atoms with Gasteiger partial charge in [-0.1, -0.05) is 29.3 Å². The second kappa shape index (κ2) is 10.6. The van der Waals surface area contributed by atoms with Crippen LogP contribution in [-0.4, -0.2) is 45.7 Å². The first-order chi connectivity index (χ1) is 13.5. The van der Waals surface area contributed by atoms with Crippen molar-refractivity contribution in [2.24, 2.45) is 0 Å². The molecule has 2 aromatic carbocycles. The summed E-state index contributed by atoms with van der Waals surface area (Å²) in [6.07, 6.45) is 0. The predicted octanol–water partition coefficient (Wildman–Crippen LogP) is 2.94. The van der Waals surface area contributed by atoms with E-state index in [9.17, 15) is 9.59 Å². The Morgan fingerprint density at radius 2 is 1.57 bits per heavy atom. The summed E-state index contributed by atoms with van der Waals surface area (Å²) >= 11 is 11.8. The van der Waals surface area contributed by atoms with Crippen LogP contribution in [0.4, 0.5) is 0 Å². The monoisotopic (exact) mass is 426 g/mol. The van der Waals surface area contributed by atoms with Crippen LogP contribution in [0.25, 0.3) is 0 Å². The molecule has 2 rings (SSSR count). The number of ether oxygens (including phenoxy) is 3. The summed E-state index contributed by atoms with van der Waals surface area (Å²) in [5.41, 5.74) is 0.291. The van der Waals surface area contributed by atoms with E-state index in [2.05, 4.69) is 10.6 Å². The van der Waals surface area contributed by atoms with Gasteiger partial charge < -0.3 is 24.8 Å². The molecule has 0 radical (unpaired) electrons. The molecule has 0 spiro atoms. The van der Waals surface area contributed by atoms with E-state index in [1.807, 2.05) is 0 Å². The number of benzene rings is 2. The summed E-state index contributed by atoms with van der Waals surface area (Å²) in [5, 5.41) is 6.13. The second-order valence-electron chi connectivity index (χ2n) is 5.51. The number of methoxy groups -OCH3 is 2. The summed E-state index contributed by atoms with van der Waals surface area (Å²) in [6, 6.07) is 9.78. The summed E-state index contributed by atoms with van der Waals surface area (Å²) in [4.78, 5) is 24.2. The van der Waals surface area contributed by atoms with Gasteiger partial charge in [0.1, 0.15) is 22.8 Å². The number of hydrogen-bond donors (Lipinski definition) is 2. The van der Waals surface area contributed by atoms with E-state index >= 15 is 0 Å². The number of carbonyl (C=O) groups is 2. The van der Waals surface area contributed by atoms with Crippen LogP contribution in [-0.2, 0) is 4.79 Å². The zero-order valence-electron chi connectivity index (χ0n) is 15.4. The fraction of sp³-hybridized carbons (Fsp3) is 0.263. The molecule has 0 atom stereocenters. The van der Waals surface area contributed by atoms with Crippen molar-refractivity contribution in [3.8, 4) is 17.2 Å². The highest BCUT2D eigenvalue weighted by atomic mass is 35.5. The van der Waals surface area contributed by atoms with Crippen molar-refractivity contribution in [1.82, 2.24) is 10.6 Å². The third kappa shape index (κ3) is 5.94. The molecular weight excluding hydrogens is 407 g/mol. The lowest BCUT2D eigenvalue weighted by atomic mass is 10.1. The Bertz CT molecular complexity index is 823. The molecule has 2 aromatic rings. The SMILES string of the molecule is COc1cccc(OC)c1C(=O)NCCNC(=O)COc1ccc(Cl)cc1Cl. The van der Waals surface area contributed by atoms with E-state index in [4.69, 9.17) is 37.4 Å². The Balaban J connectivity index is 1.78. The summed E-state index contributed by atoms with van der Waals surface area (Å²) < 4.78 is 15.7. The van der Waals surface area contributed by atoms with Gasteiger partial charge in [0.2, 0.25) is 0 Å². The molecule has 0 saturated heterocycles. The van der Waals surface area contributed by atoms with E-state index in [0.717, 1.165) is 0 Å². The Morgan fingerprint density at radius 3 is 2.18 bits per heavy atom. The number of hydrogen-bond acceptors (Lipinski definition) is 5. The molecular formula is C19H20Cl2N2O5. The van der Waals surface area contributed by atoms with Gasteiger partial charge in [-0.25, -0.2) is 0 Å². The van der Waals surface area contributed by atoms with Crippen LogP contribution in [0, 0.1) is 0 Å². The molecule has 7 nitrogen and oxygen atoms in total. The fourth-order valence-electron chi connectivity index (χ4n) is 2.33. The first kappa shape index (κ1) is 21.7. The molecule has 0 aromatic heterocycles. The van der Waals surface area contributed by atoms with Gasteiger partial charge in [0, 0.05) is 18.1 Å². The quantitative estimate of drug-likeness (QED) is 0.602. The van der Waals surface area contributed by atoms with E-state index in [1.165, 1.54) is 20.3 Å². The Hall–Kier alpha value is -2.64. The van der Waals surface area contributed by atoms with Gasteiger partial charge in [0.25, 0.3) is 11.8 Å². The van der Waals surface area contributed by atoms with Crippen LogP contribution in [0.3, 0.4) is 0 Å². The zero-order valence-corrected chi connectivity index (χ0v) is 16.9. The molecule has 150 valence electrons. The van der Waals surface area contributed by atoms with Crippen molar-refractivity contribution < 1.29 is 23.8 Å². The Kier molecular flexibility index (Phi) is 8.22. The third-order valence-electron chi connectivity index (χ3n) is 3.64. The summed E-state index contributed by atoms with van der Waals surface area (Å²) in [6.45, 7) is 0.225. The molecule has 0 saturated carbocycles. The predicted molar refractivity (Wildman–Crippen MR) is 107 cm³/mol. The van der Waals surface area contributed by atoms with Crippen molar-refractivity contribution in [2.75, 3.05) is 33.9 Å². The number of rotatable bonds is 9. The molecule has 0 bridgehead atoms. The van der Waals surface area contributed by atoms with Crippen LogP contribution < -0.4 is 24.8 Å². The molecule has 9 heteroatoms. The average Bonchev–Trinajstić information content (AvgIpc) is 2.69. The largest absolute Gasteiger partial charge is 0.496 e. The van der Waals surface area contributed by atoms with E-state index in [0.29, 0.717) is 32.9 Å². The van der Waals surface area contributed by atoms with Crippen molar-refractivity contribution in [3.63, 3.8) is 0 Å². The lowest BCUT2D eigenvalue weighted by Crippen LogP contribution is -2.37. The molecule has 2 amide bonds. The van der Waals surface area contributed by atoms with Crippen molar-refractivity contribution in [3.05, 3.63) is 52.0 Å². The van der Waals surface area contributed by atoms with Crippen LogP contribution in [0.5, 0.6) is 17.2 Å². The number of halogens is 2. The molecule has 0 aliphatic carbocycles. The minimum absolute atomic E-state index is 0.213. The van der Waals surface area contributed by atoms with Gasteiger partial charge in [0.05, 0.1) is 19.2 Å². The van der Waals surface area contributed by atoms with Crippen molar-refractivity contribution in [1.29, 1.82) is 0 Å². The maximum atomic E-state index is 12.4. The molecule has 0 unspecified atom stereocenters. The lowest BCUT2D eigenvalue weighted by molar-refractivity contribution is -0.123. The van der Waals surface area contributed by atoms with Gasteiger partial charge >= 0.3 is 0 Å². The zero-order chi connectivity index (χ0) is 20.5. The van der Waals surface area contributed by atoms with Crippen LogP contribution in [0.1, 0.15) is 10.4 Å². The smallest absolute Gasteiger partial charge is 0.258 e. The van der Waals surface area contributed by atoms with Crippen molar-refractivity contribution in [2.45, 2.75) is 0 Å². The maximum Gasteiger partial charge on any atom is 0.258 e. The Morgan fingerprint density at radius 1 is 0.929 bits per heavy atom. The highest BCUT2D eigenvalue weighted by molar-refractivity contribution is 6.35. The maximum absolute atomic E-state index is 12.4. The molecule has 0 fully saturated rings. The fourth-order valence-corrected chi connectivity index (χ4v) is 2.79. The third-order valence-corrected chi connectivity index (χ3v) is 4.17. The molecule has 2 N–H and O–H groups in total. The van der Waals surface area contributed by atoms with E-state index in [1.54, 1.807) is 30.3 Å². The number of amides is 2. The Labute approximate surface area is 172 Å². The van der Waals surface area contributed by atoms with Gasteiger partial charge in [-0.05, 0) is 30.3 Å². The van der Waals surface area contributed by atoms with Crippen LogP contribution in [0.2, 0.25) is 10.0 Å². The number of nitrogens with one attached hydrogen (secondary N) is 2. The first-order valence-corrected chi connectivity index (χ1v) is 9.05. The van der Waals surface area contributed by atoms with Gasteiger partial charge in [-0.15, -0.1) is 0 Å². The average molecular weight is 427 g/mol. The summed E-state index contributed by atoms with van der Waals surface area (Å²) in [7, 11) is 2.94. The lowest BCUT2D eigenvalue weighted by Gasteiger charge is -2.13. The van der Waals surface area contributed by atoms with Gasteiger partial charge in [-0.2, -0.15) is 0 Å². The molecule has 0 aliphatic heterocycles. The van der Waals surface area contributed by atoms with Gasteiger partial charge in [-0.3, -0.25) is 9.59 Å². The molecule has 28 heavy (non-hydrogen) atoms.